The van der Waals surface area contributed by atoms with Gasteiger partial charge in [0.15, 0.2) is 0 Å². The van der Waals surface area contributed by atoms with Gasteiger partial charge in [0.05, 0.1) is 5.69 Å². The molecule has 2 aromatic rings. The molecule has 1 aromatic carbocycles. The number of benzene rings is 1. The molecule has 1 heterocycles. The Labute approximate surface area is 128 Å². The molecule has 0 unspecified atom stereocenters. The van der Waals surface area contributed by atoms with E-state index in [1.54, 1.807) is 19.9 Å². The van der Waals surface area contributed by atoms with Crippen molar-refractivity contribution in [2.75, 3.05) is 0 Å². The van der Waals surface area contributed by atoms with E-state index in [1.165, 1.54) is 0 Å². The Morgan fingerprint density at radius 2 is 1.95 bits per heavy atom. The summed E-state index contributed by atoms with van der Waals surface area (Å²) in [5.41, 5.74) is 1.35. The minimum absolute atomic E-state index is 0.00548. The summed E-state index contributed by atoms with van der Waals surface area (Å²) in [6, 6.07) is 11.2. The lowest BCUT2D eigenvalue weighted by Crippen LogP contribution is -2.43. The Hall–Kier alpha value is -2.63. The van der Waals surface area contributed by atoms with Crippen LogP contribution in [0.3, 0.4) is 0 Å². The van der Waals surface area contributed by atoms with Gasteiger partial charge in [-0.15, -0.1) is 0 Å². The molecule has 1 amide bonds. The summed E-state index contributed by atoms with van der Waals surface area (Å²) in [7, 11) is 0. The second-order valence-electron chi connectivity index (χ2n) is 5.76. The minimum Gasteiger partial charge on any atom is -0.481 e. The second-order valence-corrected chi connectivity index (χ2v) is 5.76. The summed E-state index contributed by atoms with van der Waals surface area (Å²) in [6.07, 6.45) is 0.360. The third kappa shape index (κ3) is 4.18. The monoisotopic (exact) mass is 301 g/mol. The highest BCUT2D eigenvalue weighted by Crippen LogP contribution is 2.18. The highest BCUT2D eigenvalue weighted by atomic mass is 16.4. The fraction of sp³-hybridized carbons (Fsp3) is 0.312. The smallest absolute Gasteiger partial charge is 0.303 e. The number of aromatic amines is 1. The second kappa shape index (κ2) is 6.43. The molecule has 0 spiro atoms. The van der Waals surface area contributed by atoms with Crippen molar-refractivity contribution in [2.45, 2.75) is 32.2 Å². The zero-order chi connectivity index (χ0) is 16.2. The maximum absolute atomic E-state index is 12.2. The normalized spacial score (nSPS) is 11.2. The van der Waals surface area contributed by atoms with Crippen molar-refractivity contribution in [1.29, 1.82) is 0 Å². The predicted octanol–water partition coefficient (Wildman–Crippen LogP) is 2.45. The zero-order valence-corrected chi connectivity index (χ0v) is 12.6. The maximum atomic E-state index is 12.2. The van der Waals surface area contributed by atoms with Gasteiger partial charge in [0.1, 0.15) is 5.69 Å². The Bertz CT molecular complexity index is 662. The molecular weight excluding hydrogens is 282 g/mol. The fourth-order valence-electron chi connectivity index (χ4n) is 2.05. The van der Waals surface area contributed by atoms with Crippen LogP contribution in [0.1, 0.15) is 37.2 Å². The first-order chi connectivity index (χ1) is 10.4. The molecule has 0 atom stereocenters. The summed E-state index contributed by atoms with van der Waals surface area (Å²) in [5.74, 6) is -1.18. The number of aliphatic carboxylic acids is 1. The van der Waals surface area contributed by atoms with E-state index in [1.807, 2.05) is 30.3 Å². The van der Waals surface area contributed by atoms with E-state index < -0.39 is 11.5 Å². The molecule has 0 radical (unpaired) electrons. The van der Waals surface area contributed by atoms with Gasteiger partial charge < -0.3 is 10.4 Å². The van der Waals surface area contributed by atoms with Crippen LogP contribution < -0.4 is 5.32 Å². The fourth-order valence-corrected chi connectivity index (χ4v) is 2.05. The molecule has 0 aliphatic rings. The number of nitrogens with zero attached hydrogens (tertiary/aromatic N) is 1. The van der Waals surface area contributed by atoms with Crippen molar-refractivity contribution < 1.29 is 14.7 Å². The molecule has 22 heavy (non-hydrogen) atoms. The van der Waals surface area contributed by atoms with E-state index in [0.717, 1.165) is 5.56 Å². The number of nitrogens with one attached hydrogen (secondary N) is 2. The van der Waals surface area contributed by atoms with E-state index in [0.29, 0.717) is 17.8 Å². The van der Waals surface area contributed by atoms with E-state index in [-0.39, 0.29) is 12.3 Å². The number of amides is 1. The average Bonchev–Trinajstić information content (AvgIpc) is 2.96. The lowest BCUT2D eigenvalue weighted by atomic mass is 9.98. The molecule has 0 aliphatic heterocycles. The van der Waals surface area contributed by atoms with Crippen molar-refractivity contribution in [3.05, 3.63) is 42.1 Å². The molecule has 6 nitrogen and oxygen atoms in total. The Morgan fingerprint density at radius 3 is 2.59 bits per heavy atom. The molecular formula is C16H19N3O3. The summed E-state index contributed by atoms with van der Waals surface area (Å²) < 4.78 is 0. The molecule has 0 saturated carbocycles. The predicted molar refractivity (Wildman–Crippen MR) is 82.4 cm³/mol. The highest BCUT2D eigenvalue weighted by molar-refractivity contribution is 5.93. The van der Waals surface area contributed by atoms with Gasteiger partial charge in [0.2, 0.25) is 0 Å². The average molecular weight is 301 g/mol. The number of hydrogen-bond donors (Lipinski definition) is 3. The topological polar surface area (TPSA) is 95.1 Å². The van der Waals surface area contributed by atoms with E-state index in [9.17, 15) is 9.59 Å². The zero-order valence-electron chi connectivity index (χ0n) is 12.6. The Morgan fingerprint density at radius 1 is 1.27 bits per heavy atom. The first kappa shape index (κ1) is 15.8. The van der Waals surface area contributed by atoms with Crippen LogP contribution in [0.5, 0.6) is 0 Å². The van der Waals surface area contributed by atoms with E-state index in [4.69, 9.17) is 5.11 Å². The Balaban J connectivity index is 2.04. The number of aromatic nitrogens is 2. The van der Waals surface area contributed by atoms with Crippen molar-refractivity contribution >= 4 is 11.9 Å². The summed E-state index contributed by atoms with van der Waals surface area (Å²) in [4.78, 5) is 22.9. The number of carboxylic acids is 1. The summed E-state index contributed by atoms with van der Waals surface area (Å²) in [6.45, 7) is 3.59. The van der Waals surface area contributed by atoms with Crippen molar-refractivity contribution in [2.24, 2.45) is 0 Å². The van der Waals surface area contributed by atoms with Crippen LogP contribution in [0.15, 0.2) is 36.4 Å². The van der Waals surface area contributed by atoms with Gasteiger partial charge in [0, 0.05) is 17.5 Å². The van der Waals surface area contributed by atoms with Gasteiger partial charge in [-0.05, 0) is 26.3 Å². The molecule has 3 N–H and O–H groups in total. The van der Waals surface area contributed by atoms with Crippen LogP contribution in [0, 0.1) is 0 Å². The van der Waals surface area contributed by atoms with Crippen molar-refractivity contribution in [3.63, 3.8) is 0 Å². The van der Waals surface area contributed by atoms with E-state index in [2.05, 4.69) is 15.5 Å². The van der Waals surface area contributed by atoms with Crippen LogP contribution in [-0.2, 0) is 4.79 Å². The standard InChI is InChI=1S/C16H19N3O3/c1-16(2,9-8-14(20)21)17-15(22)13-10-12(18-19-13)11-6-4-3-5-7-11/h3-7,10H,8-9H2,1-2H3,(H,17,22)(H,18,19)(H,20,21). The maximum Gasteiger partial charge on any atom is 0.303 e. The molecule has 0 saturated heterocycles. The van der Waals surface area contributed by atoms with Gasteiger partial charge in [-0.25, -0.2) is 0 Å². The van der Waals surface area contributed by atoms with E-state index >= 15 is 0 Å². The largest absolute Gasteiger partial charge is 0.481 e. The molecule has 6 heteroatoms. The minimum atomic E-state index is -0.879. The number of carboxylic acid groups (broad SMARTS) is 1. The van der Waals surface area contributed by atoms with Crippen LogP contribution in [0.2, 0.25) is 0 Å². The number of carbonyl (C=O) groups is 2. The van der Waals surface area contributed by atoms with Crippen LogP contribution in [-0.4, -0.2) is 32.7 Å². The number of H-pyrrole nitrogens is 1. The van der Waals surface area contributed by atoms with Crippen LogP contribution in [0.25, 0.3) is 11.3 Å². The highest BCUT2D eigenvalue weighted by Gasteiger charge is 2.23. The van der Waals surface area contributed by atoms with Gasteiger partial charge in [-0.2, -0.15) is 5.10 Å². The molecule has 116 valence electrons. The molecule has 0 fully saturated rings. The lowest BCUT2D eigenvalue weighted by Gasteiger charge is -2.25. The molecule has 1 aromatic heterocycles. The number of carbonyl (C=O) groups excluding carboxylic acids is 1. The van der Waals surface area contributed by atoms with Gasteiger partial charge in [-0.1, -0.05) is 30.3 Å². The summed E-state index contributed by atoms with van der Waals surface area (Å²) >= 11 is 0. The first-order valence-corrected chi connectivity index (χ1v) is 7.02. The lowest BCUT2D eigenvalue weighted by molar-refractivity contribution is -0.137. The Kier molecular flexibility index (Phi) is 4.60. The van der Waals surface area contributed by atoms with Crippen molar-refractivity contribution in [3.8, 4) is 11.3 Å². The summed E-state index contributed by atoms with van der Waals surface area (Å²) in [5, 5.41) is 18.4. The van der Waals surface area contributed by atoms with Crippen molar-refractivity contribution in [1.82, 2.24) is 15.5 Å². The first-order valence-electron chi connectivity index (χ1n) is 7.02. The number of hydrogen-bond acceptors (Lipinski definition) is 3. The van der Waals surface area contributed by atoms with Gasteiger partial charge in [-0.3, -0.25) is 14.7 Å². The third-order valence-corrected chi connectivity index (χ3v) is 3.31. The SMILES string of the molecule is CC(C)(CCC(=O)O)NC(=O)c1cc(-c2ccccc2)n[nH]1. The molecule has 0 bridgehead atoms. The van der Waals surface area contributed by atoms with Crippen LogP contribution in [0.4, 0.5) is 0 Å². The quantitative estimate of drug-likeness (QED) is 0.763. The van der Waals surface area contributed by atoms with Gasteiger partial charge >= 0.3 is 5.97 Å². The molecule has 2 rings (SSSR count). The third-order valence-electron chi connectivity index (χ3n) is 3.31. The van der Waals surface area contributed by atoms with Crippen LogP contribution >= 0.6 is 0 Å². The number of rotatable bonds is 6. The molecule has 0 aliphatic carbocycles. The van der Waals surface area contributed by atoms with Gasteiger partial charge in [0.25, 0.3) is 5.91 Å².